The zero-order chi connectivity index (χ0) is 14.5. The minimum atomic E-state index is 0.596. The van der Waals surface area contributed by atoms with Gasteiger partial charge in [0.1, 0.15) is 0 Å². The number of aryl methyl sites for hydroxylation is 1. The van der Waals surface area contributed by atoms with E-state index in [1.807, 2.05) is 31.1 Å². The van der Waals surface area contributed by atoms with E-state index in [1.165, 1.54) is 19.3 Å². The van der Waals surface area contributed by atoms with E-state index in [-0.39, 0.29) is 0 Å². The fourth-order valence-corrected chi connectivity index (χ4v) is 4.21. The quantitative estimate of drug-likeness (QED) is 0.840. The van der Waals surface area contributed by atoms with Gasteiger partial charge in [-0.2, -0.15) is 0 Å². The zero-order valence-corrected chi connectivity index (χ0v) is 13.9. The first-order valence-electron chi connectivity index (χ1n) is 7.78. The minimum Gasteiger partial charge on any atom is -0.313 e. The van der Waals surface area contributed by atoms with Crippen molar-refractivity contribution in [3.8, 4) is 0 Å². The SMILES string of the molecule is CCNC1CCC(C(C)C)CC1Sc1ncc(C)cn1. The van der Waals surface area contributed by atoms with E-state index in [2.05, 4.69) is 36.1 Å². The van der Waals surface area contributed by atoms with E-state index in [1.54, 1.807) is 0 Å². The molecule has 1 aromatic rings. The van der Waals surface area contributed by atoms with Crippen LogP contribution in [0.15, 0.2) is 17.6 Å². The van der Waals surface area contributed by atoms with Crippen LogP contribution in [-0.2, 0) is 0 Å². The molecule has 4 heteroatoms. The summed E-state index contributed by atoms with van der Waals surface area (Å²) in [5.41, 5.74) is 1.13. The number of nitrogens with one attached hydrogen (secondary N) is 1. The Morgan fingerprint density at radius 2 is 2.00 bits per heavy atom. The van der Waals surface area contributed by atoms with Crippen LogP contribution in [-0.4, -0.2) is 27.8 Å². The molecular formula is C16H27N3S. The lowest BCUT2D eigenvalue weighted by molar-refractivity contribution is 0.247. The van der Waals surface area contributed by atoms with Gasteiger partial charge < -0.3 is 5.32 Å². The summed E-state index contributed by atoms with van der Waals surface area (Å²) in [5, 5.41) is 5.17. The lowest BCUT2D eigenvalue weighted by Crippen LogP contribution is -2.43. The highest BCUT2D eigenvalue weighted by Crippen LogP contribution is 2.38. The minimum absolute atomic E-state index is 0.596. The number of nitrogens with zero attached hydrogens (tertiary/aromatic N) is 2. The Bertz CT molecular complexity index is 405. The van der Waals surface area contributed by atoms with Gasteiger partial charge in [0.15, 0.2) is 5.16 Å². The molecule has 0 radical (unpaired) electrons. The Balaban J connectivity index is 2.04. The van der Waals surface area contributed by atoms with Gasteiger partial charge in [0.2, 0.25) is 0 Å². The van der Waals surface area contributed by atoms with Crippen LogP contribution in [0, 0.1) is 18.8 Å². The molecule has 0 aliphatic heterocycles. The summed E-state index contributed by atoms with van der Waals surface area (Å²) in [5.74, 6) is 1.62. The second-order valence-electron chi connectivity index (χ2n) is 6.18. The van der Waals surface area contributed by atoms with Gasteiger partial charge in [0, 0.05) is 23.7 Å². The summed E-state index contributed by atoms with van der Waals surface area (Å²) in [7, 11) is 0. The van der Waals surface area contributed by atoms with E-state index in [0.717, 1.165) is 29.1 Å². The van der Waals surface area contributed by atoms with Gasteiger partial charge in [0.05, 0.1) is 0 Å². The van der Waals surface area contributed by atoms with Crippen molar-refractivity contribution < 1.29 is 0 Å². The van der Waals surface area contributed by atoms with Crippen LogP contribution in [0.5, 0.6) is 0 Å². The van der Waals surface area contributed by atoms with Crippen LogP contribution in [0.1, 0.15) is 45.6 Å². The van der Waals surface area contributed by atoms with Crippen LogP contribution >= 0.6 is 11.8 Å². The molecule has 1 saturated carbocycles. The van der Waals surface area contributed by atoms with Gasteiger partial charge in [-0.05, 0) is 50.1 Å². The largest absolute Gasteiger partial charge is 0.313 e. The van der Waals surface area contributed by atoms with Crippen molar-refractivity contribution in [3.63, 3.8) is 0 Å². The summed E-state index contributed by atoms with van der Waals surface area (Å²) in [6.07, 6.45) is 7.74. The Hall–Kier alpha value is -0.610. The smallest absolute Gasteiger partial charge is 0.187 e. The Labute approximate surface area is 127 Å². The summed E-state index contributed by atoms with van der Waals surface area (Å²) in [4.78, 5) is 8.92. The van der Waals surface area contributed by atoms with Crippen LogP contribution in [0.2, 0.25) is 0 Å². The molecule has 2 rings (SSSR count). The van der Waals surface area contributed by atoms with Crippen LogP contribution in [0.25, 0.3) is 0 Å². The van der Waals surface area contributed by atoms with Gasteiger partial charge in [0.25, 0.3) is 0 Å². The number of hydrogen-bond acceptors (Lipinski definition) is 4. The molecule has 112 valence electrons. The molecule has 0 amide bonds. The molecule has 20 heavy (non-hydrogen) atoms. The van der Waals surface area contributed by atoms with E-state index < -0.39 is 0 Å². The van der Waals surface area contributed by atoms with E-state index in [9.17, 15) is 0 Å². The average molecular weight is 293 g/mol. The first kappa shape index (κ1) is 15.8. The van der Waals surface area contributed by atoms with Gasteiger partial charge >= 0.3 is 0 Å². The van der Waals surface area contributed by atoms with Gasteiger partial charge in [-0.3, -0.25) is 0 Å². The summed E-state index contributed by atoms with van der Waals surface area (Å²) in [6.45, 7) is 9.97. The third-order valence-electron chi connectivity index (χ3n) is 4.26. The number of hydrogen-bond donors (Lipinski definition) is 1. The normalized spacial score (nSPS) is 26.9. The molecule has 3 unspecified atom stereocenters. The van der Waals surface area contributed by atoms with Crippen LogP contribution < -0.4 is 5.32 Å². The lowest BCUT2D eigenvalue weighted by atomic mass is 9.79. The second kappa shape index (κ2) is 7.41. The van der Waals surface area contributed by atoms with Crippen molar-refractivity contribution in [2.24, 2.45) is 11.8 Å². The molecule has 0 aromatic carbocycles. The fraction of sp³-hybridized carbons (Fsp3) is 0.750. The molecule has 1 N–H and O–H groups in total. The maximum absolute atomic E-state index is 4.46. The monoisotopic (exact) mass is 293 g/mol. The van der Waals surface area contributed by atoms with E-state index in [0.29, 0.717) is 11.3 Å². The van der Waals surface area contributed by atoms with Crippen LogP contribution in [0.4, 0.5) is 0 Å². The highest BCUT2D eigenvalue weighted by atomic mass is 32.2. The van der Waals surface area contributed by atoms with E-state index >= 15 is 0 Å². The molecule has 3 atom stereocenters. The average Bonchev–Trinajstić information content (AvgIpc) is 2.43. The highest BCUT2D eigenvalue weighted by Gasteiger charge is 2.32. The first-order valence-corrected chi connectivity index (χ1v) is 8.66. The fourth-order valence-electron chi connectivity index (χ4n) is 2.97. The Morgan fingerprint density at radius 1 is 1.30 bits per heavy atom. The van der Waals surface area contributed by atoms with Crippen molar-refractivity contribution in [2.45, 2.75) is 63.4 Å². The van der Waals surface area contributed by atoms with Crippen molar-refractivity contribution in [2.75, 3.05) is 6.54 Å². The molecule has 1 aromatic heterocycles. The lowest BCUT2D eigenvalue weighted by Gasteiger charge is -2.37. The van der Waals surface area contributed by atoms with Crippen molar-refractivity contribution in [3.05, 3.63) is 18.0 Å². The molecule has 0 spiro atoms. The molecule has 1 aliphatic rings. The van der Waals surface area contributed by atoms with E-state index in [4.69, 9.17) is 0 Å². The highest BCUT2D eigenvalue weighted by molar-refractivity contribution is 7.99. The van der Waals surface area contributed by atoms with Crippen molar-refractivity contribution in [1.82, 2.24) is 15.3 Å². The topological polar surface area (TPSA) is 37.8 Å². The summed E-state index contributed by atoms with van der Waals surface area (Å²) >= 11 is 1.86. The third kappa shape index (κ3) is 4.19. The predicted molar refractivity (Wildman–Crippen MR) is 86.1 cm³/mol. The first-order chi connectivity index (χ1) is 9.60. The third-order valence-corrected chi connectivity index (χ3v) is 5.50. The molecular weight excluding hydrogens is 266 g/mol. The molecule has 0 saturated heterocycles. The summed E-state index contributed by atoms with van der Waals surface area (Å²) < 4.78 is 0. The number of rotatable bonds is 5. The Morgan fingerprint density at radius 3 is 2.60 bits per heavy atom. The zero-order valence-electron chi connectivity index (χ0n) is 13.1. The van der Waals surface area contributed by atoms with Crippen LogP contribution in [0.3, 0.4) is 0 Å². The van der Waals surface area contributed by atoms with Crippen molar-refractivity contribution in [1.29, 1.82) is 0 Å². The summed E-state index contributed by atoms with van der Waals surface area (Å²) in [6, 6.07) is 0.602. The Kier molecular flexibility index (Phi) is 5.85. The second-order valence-corrected chi connectivity index (χ2v) is 7.39. The predicted octanol–water partition coefficient (Wildman–Crippen LogP) is 3.68. The number of aromatic nitrogens is 2. The standard InChI is InChI=1S/C16H27N3S/c1-5-17-14-7-6-13(11(2)3)8-15(14)20-16-18-9-12(4)10-19-16/h9-11,13-15,17H,5-8H2,1-4H3. The van der Waals surface area contributed by atoms with Gasteiger partial charge in [-0.25, -0.2) is 9.97 Å². The molecule has 1 aliphatic carbocycles. The molecule has 1 fully saturated rings. The molecule has 1 heterocycles. The molecule has 0 bridgehead atoms. The maximum atomic E-state index is 4.46. The number of thioether (sulfide) groups is 1. The maximum Gasteiger partial charge on any atom is 0.187 e. The van der Waals surface area contributed by atoms with Crippen molar-refractivity contribution >= 4 is 11.8 Å². The van der Waals surface area contributed by atoms with Gasteiger partial charge in [-0.15, -0.1) is 0 Å². The molecule has 3 nitrogen and oxygen atoms in total. The van der Waals surface area contributed by atoms with Gasteiger partial charge in [-0.1, -0.05) is 32.5 Å².